The van der Waals surface area contributed by atoms with Crippen molar-refractivity contribution < 1.29 is 26.4 Å². The van der Waals surface area contributed by atoms with Gasteiger partial charge in [0.2, 0.25) is 15.9 Å². The SMILES string of the molecule is CN(C)CCCNC(=O)CN(c1ccccc1C(F)(F)F)S(C)(=O)=O. The van der Waals surface area contributed by atoms with E-state index in [9.17, 15) is 26.4 Å². The first kappa shape index (κ1) is 21.2. The highest BCUT2D eigenvalue weighted by Gasteiger charge is 2.36. The fraction of sp³-hybridized carbons (Fsp3) is 0.533. The van der Waals surface area contributed by atoms with E-state index in [1.165, 1.54) is 6.07 Å². The maximum Gasteiger partial charge on any atom is 0.418 e. The van der Waals surface area contributed by atoms with Crippen LogP contribution >= 0.6 is 0 Å². The topological polar surface area (TPSA) is 69.7 Å². The van der Waals surface area contributed by atoms with E-state index in [0.717, 1.165) is 24.5 Å². The number of sulfonamides is 1. The molecule has 0 spiro atoms. The number of alkyl halides is 3. The molecule has 0 aliphatic heterocycles. The normalized spacial score (nSPS) is 12.3. The summed E-state index contributed by atoms with van der Waals surface area (Å²) in [4.78, 5) is 13.9. The molecule has 0 bridgehead atoms. The lowest BCUT2D eigenvalue weighted by atomic mass is 10.1. The number of carbonyl (C=O) groups is 1. The van der Waals surface area contributed by atoms with Crippen LogP contribution in [0.2, 0.25) is 0 Å². The summed E-state index contributed by atoms with van der Waals surface area (Å²) in [5.74, 6) is -0.666. The molecule has 1 aromatic carbocycles. The summed E-state index contributed by atoms with van der Waals surface area (Å²) in [5, 5.41) is 2.52. The van der Waals surface area contributed by atoms with Crippen molar-refractivity contribution >= 4 is 21.6 Å². The third-order valence-corrected chi connectivity index (χ3v) is 4.40. The average molecular weight is 381 g/mol. The fourth-order valence-electron chi connectivity index (χ4n) is 2.12. The number of hydrogen-bond acceptors (Lipinski definition) is 4. The second kappa shape index (κ2) is 8.52. The zero-order valence-electron chi connectivity index (χ0n) is 14.3. The summed E-state index contributed by atoms with van der Waals surface area (Å²) in [6.07, 6.45) is -3.34. The summed E-state index contributed by atoms with van der Waals surface area (Å²) in [6.45, 7) is 0.302. The van der Waals surface area contributed by atoms with Crippen LogP contribution in [-0.4, -0.2) is 59.2 Å². The Morgan fingerprint density at radius 1 is 1.20 bits per heavy atom. The van der Waals surface area contributed by atoms with Crippen molar-refractivity contribution in [2.75, 3.05) is 44.3 Å². The number of halogens is 3. The highest BCUT2D eigenvalue weighted by Crippen LogP contribution is 2.37. The van der Waals surface area contributed by atoms with Crippen LogP contribution in [0, 0.1) is 0 Å². The van der Waals surface area contributed by atoms with Crippen LogP contribution in [0.3, 0.4) is 0 Å². The lowest BCUT2D eigenvalue weighted by molar-refractivity contribution is -0.137. The van der Waals surface area contributed by atoms with Crippen LogP contribution in [0.1, 0.15) is 12.0 Å². The van der Waals surface area contributed by atoms with E-state index >= 15 is 0 Å². The number of nitrogens with zero attached hydrogens (tertiary/aromatic N) is 2. The summed E-state index contributed by atoms with van der Waals surface area (Å²) in [7, 11) is -0.351. The second-order valence-corrected chi connectivity index (χ2v) is 7.70. The van der Waals surface area contributed by atoms with E-state index in [1.54, 1.807) is 0 Å². The van der Waals surface area contributed by atoms with Crippen molar-refractivity contribution in [1.82, 2.24) is 10.2 Å². The molecule has 142 valence electrons. The molecule has 10 heteroatoms. The minimum Gasteiger partial charge on any atom is -0.354 e. The third kappa shape index (κ3) is 6.91. The van der Waals surface area contributed by atoms with E-state index in [0.29, 0.717) is 23.8 Å². The first-order chi connectivity index (χ1) is 11.4. The van der Waals surface area contributed by atoms with Gasteiger partial charge in [-0.1, -0.05) is 12.1 Å². The molecule has 25 heavy (non-hydrogen) atoms. The molecule has 0 fully saturated rings. The van der Waals surface area contributed by atoms with Crippen molar-refractivity contribution in [2.24, 2.45) is 0 Å². The zero-order valence-corrected chi connectivity index (χ0v) is 15.1. The van der Waals surface area contributed by atoms with Gasteiger partial charge in [-0.05, 0) is 39.2 Å². The maximum atomic E-state index is 13.1. The number of rotatable bonds is 8. The Labute approximate surface area is 145 Å². The number of amides is 1. The molecule has 0 radical (unpaired) electrons. The standard InChI is InChI=1S/C15H22F3N3O3S/c1-20(2)10-6-9-19-14(22)11-21(25(3,23)24)13-8-5-4-7-12(13)15(16,17)18/h4-5,7-8H,6,9-11H2,1-3H3,(H,19,22). The van der Waals surface area contributed by atoms with Crippen LogP contribution in [-0.2, 0) is 21.0 Å². The van der Waals surface area contributed by atoms with Gasteiger partial charge in [-0.25, -0.2) is 8.42 Å². The van der Waals surface area contributed by atoms with Gasteiger partial charge >= 0.3 is 6.18 Å². The number of benzene rings is 1. The minimum atomic E-state index is -4.73. The maximum absolute atomic E-state index is 13.1. The average Bonchev–Trinajstić information content (AvgIpc) is 2.47. The Morgan fingerprint density at radius 2 is 1.80 bits per heavy atom. The Morgan fingerprint density at radius 3 is 2.32 bits per heavy atom. The summed E-state index contributed by atoms with van der Waals surface area (Å²) in [5.41, 5.74) is -1.68. The summed E-state index contributed by atoms with van der Waals surface area (Å²) < 4.78 is 63.7. The van der Waals surface area contributed by atoms with Crippen LogP contribution < -0.4 is 9.62 Å². The largest absolute Gasteiger partial charge is 0.418 e. The Balaban J connectivity index is 2.96. The van der Waals surface area contributed by atoms with Gasteiger partial charge in [0.15, 0.2) is 0 Å². The lowest BCUT2D eigenvalue weighted by Gasteiger charge is -2.25. The second-order valence-electron chi connectivity index (χ2n) is 5.79. The monoisotopic (exact) mass is 381 g/mol. The van der Waals surface area contributed by atoms with Crippen LogP contribution in [0.4, 0.5) is 18.9 Å². The van der Waals surface area contributed by atoms with E-state index in [1.807, 2.05) is 19.0 Å². The van der Waals surface area contributed by atoms with Crippen LogP contribution in [0.25, 0.3) is 0 Å². The first-order valence-corrected chi connectivity index (χ1v) is 9.33. The van der Waals surface area contributed by atoms with E-state index in [2.05, 4.69) is 5.32 Å². The predicted molar refractivity (Wildman–Crippen MR) is 89.8 cm³/mol. The fourth-order valence-corrected chi connectivity index (χ4v) is 2.99. The molecular weight excluding hydrogens is 359 g/mol. The molecule has 1 amide bonds. The van der Waals surface area contributed by atoms with E-state index in [4.69, 9.17) is 0 Å². The van der Waals surface area contributed by atoms with Gasteiger partial charge in [0.25, 0.3) is 0 Å². The molecule has 0 atom stereocenters. The van der Waals surface area contributed by atoms with Crippen LogP contribution in [0.15, 0.2) is 24.3 Å². The molecule has 6 nitrogen and oxygen atoms in total. The van der Waals surface area contributed by atoms with Crippen molar-refractivity contribution in [1.29, 1.82) is 0 Å². The molecule has 0 aromatic heterocycles. The van der Waals surface area contributed by atoms with Gasteiger partial charge in [0.05, 0.1) is 17.5 Å². The molecule has 1 rings (SSSR count). The molecule has 0 aliphatic rings. The number of para-hydroxylation sites is 1. The smallest absolute Gasteiger partial charge is 0.354 e. The molecule has 0 aliphatic carbocycles. The molecular formula is C15H22F3N3O3S. The lowest BCUT2D eigenvalue weighted by Crippen LogP contribution is -2.41. The summed E-state index contributed by atoms with van der Waals surface area (Å²) in [6, 6.07) is 4.26. The molecule has 0 heterocycles. The molecule has 0 saturated heterocycles. The Bertz CT molecular complexity index is 691. The zero-order chi connectivity index (χ0) is 19.3. The Kier molecular flexibility index (Phi) is 7.24. The summed E-state index contributed by atoms with van der Waals surface area (Å²) >= 11 is 0. The Hall–Kier alpha value is -1.81. The quantitative estimate of drug-likeness (QED) is 0.694. The predicted octanol–water partition coefficient (Wildman–Crippen LogP) is 1.54. The van der Waals surface area contributed by atoms with E-state index < -0.39 is 39.9 Å². The van der Waals surface area contributed by atoms with Gasteiger partial charge in [0, 0.05) is 6.54 Å². The third-order valence-electron chi connectivity index (χ3n) is 3.27. The molecule has 1 N–H and O–H groups in total. The van der Waals surface area contributed by atoms with Crippen molar-refractivity contribution in [3.05, 3.63) is 29.8 Å². The van der Waals surface area contributed by atoms with Gasteiger partial charge in [-0.15, -0.1) is 0 Å². The first-order valence-electron chi connectivity index (χ1n) is 7.48. The highest BCUT2D eigenvalue weighted by atomic mass is 32.2. The number of nitrogens with one attached hydrogen (secondary N) is 1. The van der Waals surface area contributed by atoms with E-state index in [-0.39, 0.29) is 0 Å². The molecule has 1 aromatic rings. The van der Waals surface area contributed by atoms with Crippen LogP contribution in [0.5, 0.6) is 0 Å². The van der Waals surface area contributed by atoms with Gasteiger partial charge < -0.3 is 10.2 Å². The van der Waals surface area contributed by atoms with Gasteiger partial charge in [-0.2, -0.15) is 13.2 Å². The van der Waals surface area contributed by atoms with Crippen molar-refractivity contribution in [3.63, 3.8) is 0 Å². The molecule has 0 saturated carbocycles. The highest BCUT2D eigenvalue weighted by molar-refractivity contribution is 7.92. The number of hydrogen-bond donors (Lipinski definition) is 1. The van der Waals surface area contributed by atoms with Crippen molar-refractivity contribution in [2.45, 2.75) is 12.6 Å². The minimum absolute atomic E-state index is 0.301. The van der Waals surface area contributed by atoms with Gasteiger partial charge in [0.1, 0.15) is 6.54 Å². The molecule has 0 unspecified atom stereocenters. The number of carbonyl (C=O) groups excluding carboxylic acids is 1. The number of anilines is 1. The van der Waals surface area contributed by atoms with Crippen molar-refractivity contribution in [3.8, 4) is 0 Å². The van der Waals surface area contributed by atoms with Gasteiger partial charge in [-0.3, -0.25) is 9.10 Å².